The van der Waals surface area contributed by atoms with Gasteiger partial charge in [0.1, 0.15) is 12.1 Å². The largest absolute Gasteiger partial charge is 0.405 e. The zero-order valence-corrected chi connectivity index (χ0v) is 24.7. The number of alkyl halides is 3. The Bertz CT molecular complexity index is 1590. The second-order valence-electron chi connectivity index (χ2n) is 10.0. The summed E-state index contributed by atoms with van der Waals surface area (Å²) in [7, 11) is -4.39. The lowest BCUT2D eigenvalue weighted by Crippen LogP contribution is -2.61. The summed E-state index contributed by atoms with van der Waals surface area (Å²) in [6.45, 7) is 1.17. The van der Waals surface area contributed by atoms with Gasteiger partial charge in [0.25, 0.3) is 0 Å². The highest BCUT2D eigenvalue weighted by atomic mass is 35.5. The van der Waals surface area contributed by atoms with Crippen LogP contribution < -0.4 is 14.9 Å². The third kappa shape index (κ3) is 6.49. The molecule has 2 atom stereocenters. The molecule has 4 heterocycles. The van der Waals surface area contributed by atoms with E-state index in [2.05, 4.69) is 15.2 Å². The lowest BCUT2D eigenvalue weighted by atomic mass is 10.1. The highest BCUT2D eigenvalue weighted by molar-refractivity contribution is 7.89. The van der Waals surface area contributed by atoms with Gasteiger partial charge in [-0.15, -0.1) is 11.3 Å². The number of sulfonamides is 1. The van der Waals surface area contributed by atoms with Crippen LogP contribution in [0.5, 0.6) is 0 Å². The molecular weight excluding hydrogens is 619 g/mol. The van der Waals surface area contributed by atoms with Crippen molar-refractivity contribution in [2.45, 2.75) is 49.3 Å². The minimum Gasteiger partial charge on any atom is -0.355 e. The average Bonchev–Trinajstić information content (AvgIpc) is 3.69. The molecule has 5 rings (SSSR count). The molecule has 10 nitrogen and oxygen atoms in total. The molecule has 0 radical (unpaired) electrons. The Morgan fingerprint density at radius 3 is 2.74 bits per heavy atom. The minimum atomic E-state index is -4.60. The third-order valence-electron chi connectivity index (χ3n) is 7.18. The molecule has 2 N–H and O–H groups in total. The fourth-order valence-electron chi connectivity index (χ4n) is 5.09. The molecule has 0 saturated carbocycles. The smallest absolute Gasteiger partial charge is 0.355 e. The van der Waals surface area contributed by atoms with Crippen molar-refractivity contribution in [3.63, 3.8) is 0 Å². The summed E-state index contributed by atoms with van der Waals surface area (Å²) in [6, 6.07) is 5.95. The SMILES string of the molecule is Cc1c(N2CCCC2=O)cccc1S(=O)(=O)NC(Cc1cc(-c2ccc(Cl)s2)on1)C(=O)N1CCN[C@H](C(F)(F)F)C1. The van der Waals surface area contributed by atoms with Gasteiger partial charge in [-0.1, -0.05) is 22.8 Å². The summed E-state index contributed by atoms with van der Waals surface area (Å²) in [5.74, 6) is -0.615. The Labute approximate surface area is 248 Å². The van der Waals surface area contributed by atoms with Crippen LogP contribution in [0.25, 0.3) is 10.6 Å². The zero-order chi connectivity index (χ0) is 30.2. The molecule has 1 aromatic carbocycles. The summed E-state index contributed by atoms with van der Waals surface area (Å²) >= 11 is 7.23. The summed E-state index contributed by atoms with van der Waals surface area (Å²) in [4.78, 5) is 29.0. The van der Waals surface area contributed by atoms with Gasteiger partial charge >= 0.3 is 6.18 Å². The quantitative estimate of drug-likeness (QED) is 0.382. The lowest BCUT2D eigenvalue weighted by molar-refractivity contribution is -0.168. The van der Waals surface area contributed by atoms with Crippen molar-refractivity contribution in [3.05, 3.63) is 52.0 Å². The van der Waals surface area contributed by atoms with E-state index in [4.69, 9.17) is 16.1 Å². The maximum Gasteiger partial charge on any atom is 0.405 e. The molecule has 16 heteroatoms. The molecule has 2 aromatic heterocycles. The van der Waals surface area contributed by atoms with Crippen LogP contribution in [0, 0.1) is 6.92 Å². The number of carbonyl (C=O) groups is 2. The number of benzene rings is 1. The Morgan fingerprint density at radius 2 is 2.07 bits per heavy atom. The van der Waals surface area contributed by atoms with Crippen LogP contribution in [-0.2, 0) is 26.0 Å². The van der Waals surface area contributed by atoms with Gasteiger partial charge in [0, 0.05) is 50.8 Å². The van der Waals surface area contributed by atoms with Crippen LogP contribution in [-0.4, -0.2) is 74.7 Å². The first-order chi connectivity index (χ1) is 19.8. The van der Waals surface area contributed by atoms with E-state index in [1.807, 2.05) is 0 Å². The first-order valence-corrected chi connectivity index (χ1v) is 15.7. The fraction of sp³-hybridized carbons (Fsp3) is 0.423. The van der Waals surface area contributed by atoms with Gasteiger partial charge in [0.15, 0.2) is 5.76 Å². The van der Waals surface area contributed by atoms with Crippen LogP contribution in [0.1, 0.15) is 24.1 Å². The Balaban J connectivity index is 1.45. The van der Waals surface area contributed by atoms with Crippen LogP contribution in [0.3, 0.4) is 0 Å². The van der Waals surface area contributed by atoms with E-state index in [0.717, 1.165) is 4.90 Å². The van der Waals surface area contributed by atoms with Gasteiger partial charge in [-0.3, -0.25) is 9.59 Å². The maximum atomic E-state index is 13.7. The molecule has 2 amide bonds. The van der Waals surface area contributed by atoms with E-state index in [1.54, 1.807) is 25.1 Å². The van der Waals surface area contributed by atoms with Gasteiger partial charge in [0.05, 0.1) is 19.8 Å². The second-order valence-corrected chi connectivity index (χ2v) is 13.4. The van der Waals surface area contributed by atoms with E-state index in [9.17, 15) is 31.2 Å². The summed E-state index contributed by atoms with van der Waals surface area (Å²) < 4.78 is 76.1. The molecule has 2 aliphatic rings. The summed E-state index contributed by atoms with van der Waals surface area (Å²) in [5, 5.41) is 6.31. The van der Waals surface area contributed by atoms with Crippen LogP contribution >= 0.6 is 22.9 Å². The molecule has 3 aromatic rings. The maximum absolute atomic E-state index is 13.7. The van der Waals surface area contributed by atoms with E-state index in [-0.39, 0.29) is 36.0 Å². The summed E-state index contributed by atoms with van der Waals surface area (Å²) in [5.41, 5.74) is 0.962. The van der Waals surface area contributed by atoms with Crippen molar-refractivity contribution in [3.8, 4) is 10.6 Å². The number of thiophene rings is 1. The molecule has 1 unspecified atom stereocenters. The molecule has 2 aliphatic heterocycles. The monoisotopic (exact) mass is 645 g/mol. The van der Waals surface area contributed by atoms with Gasteiger partial charge < -0.3 is 19.6 Å². The number of halogens is 4. The van der Waals surface area contributed by atoms with E-state index < -0.39 is 40.7 Å². The number of aromatic nitrogens is 1. The second kappa shape index (κ2) is 12.0. The summed E-state index contributed by atoms with van der Waals surface area (Å²) in [6.07, 6.45) is -3.89. The van der Waals surface area contributed by atoms with Gasteiger partial charge in [-0.25, -0.2) is 8.42 Å². The van der Waals surface area contributed by atoms with Crippen LogP contribution in [0.2, 0.25) is 4.34 Å². The number of nitrogens with one attached hydrogen (secondary N) is 2. The highest BCUT2D eigenvalue weighted by Crippen LogP contribution is 2.32. The zero-order valence-electron chi connectivity index (χ0n) is 22.3. The van der Waals surface area contributed by atoms with E-state index in [1.165, 1.54) is 34.4 Å². The van der Waals surface area contributed by atoms with Crippen LogP contribution in [0.4, 0.5) is 18.9 Å². The first kappa shape index (κ1) is 30.5. The van der Waals surface area contributed by atoms with Crippen molar-refractivity contribution >= 4 is 50.5 Å². The van der Waals surface area contributed by atoms with Crippen LogP contribution in [0.15, 0.2) is 45.8 Å². The number of anilines is 1. The molecule has 42 heavy (non-hydrogen) atoms. The number of hydrogen-bond acceptors (Lipinski definition) is 8. The standard InChI is InChI=1S/C26H27ClF3N5O5S2/c1-15-18(35-10-3-6-24(35)36)4-2-5-21(15)42(38,39)33-17(25(37)34-11-9-31-22(14-34)26(28,29)30)12-16-13-19(40-32-16)20-7-8-23(27)41-20/h2,4-5,7-8,13,17,22,31,33H,3,6,9-12,14H2,1H3/t17?,22-/m0/s1. The van der Waals surface area contributed by atoms with Crippen molar-refractivity contribution in [2.24, 2.45) is 0 Å². The molecular formula is C26H27ClF3N5O5S2. The number of carbonyl (C=O) groups excluding carboxylic acids is 2. The molecule has 2 fully saturated rings. The van der Waals surface area contributed by atoms with Crippen molar-refractivity contribution in [2.75, 3.05) is 31.1 Å². The Morgan fingerprint density at radius 1 is 1.29 bits per heavy atom. The van der Waals surface area contributed by atoms with Gasteiger partial charge in [-0.2, -0.15) is 17.9 Å². The highest BCUT2D eigenvalue weighted by Gasteiger charge is 2.44. The number of nitrogens with zero attached hydrogens (tertiary/aromatic N) is 3. The third-order valence-corrected chi connectivity index (χ3v) is 10.0. The Hall–Kier alpha value is -2.98. The average molecular weight is 646 g/mol. The van der Waals surface area contributed by atoms with E-state index >= 15 is 0 Å². The van der Waals surface area contributed by atoms with Crippen molar-refractivity contribution < 1.29 is 35.7 Å². The van der Waals surface area contributed by atoms with Crippen molar-refractivity contribution in [1.82, 2.24) is 20.1 Å². The van der Waals surface area contributed by atoms with Gasteiger partial charge in [0.2, 0.25) is 21.8 Å². The molecule has 0 bridgehead atoms. The molecule has 0 aliphatic carbocycles. The minimum absolute atomic E-state index is 0.0486. The molecule has 0 spiro atoms. The number of hydrogen-bond donors (Lipinski definition) is 2. The number of amides is 2. The normalized spacial score (nSPS) is 19.0. The molecule has 226 valence electrons. The van der Waals surface area contributed by atoms with E-state index in [0.29, 0.717) is 45.6 Å². The Kier molecular flexibility index (Phi) is 8.67. The van der Waals surface area contributed by atoms with Crippen molar-refractivity contribution in [1.29, 1.82) is 0 Å². The first-order valence-electron chi connectivity index (χ1n) is 13.1. The topological polar surface area (TPSA) is 125 Å². The predicted molar refractivity (Wildman–Crippen MR) is 150 cm³/mol. The fourth-order valence-corrected chi connectivity index (χ4v) is 7.53. The molecule has 2 saturated heterocycles. The predicted octanol–water partition coefficient (Wildman–Crippen LogP) is 3.74. The number of rotatable bonds is 8. The number of piperazine rings is 1. The van der Waals surface area contributed by atoms with Gasteiger partial charge in [-0.05, 0) is 43.2 Å². The lowest BCUT2D eigenvalue weighted by Gasteiger charge is -2.36.